The van der Waals surface area contributed by atoms with Crippen molar-refractivity contribution in [2.75, 3.05) is 27.3 Å². The van der Waals surface area contributed by atoms with Gasteiger partial charge < -0.3 is 14.2 Å². The van der Waals surface area contributed by atoms with Crippen LogP contribution in [0.4, 0.5) is 5.69 Å². The molecule has 0 unspecified atom stereocenters. The monoisotopic (exact) mass is 494 g/mol. The Hall–Kier alpha value is -3.36. The maximum atomic E-state index is 13.4. The average Bonchev–Trinajstić information content (AvgIpc) is 2.91. The van der Waals surface area contributed by atoms with Gasteiger partial charge in [0.2, 0.25) is 10.0 Å². The van der Waals surface area contributed by atoms with Gasteiger partial charge >= 0.3 is 0 Å². The fraction of sp³-hybridized carbons (Fsp3) is 0.296. The van der Waals surface area contributed by atoms with Crippen LogP contribution >= 0.6 is 0 Å². The van der Waals surface area contributed by atoms with Gasteiger partial charge in [0.15, 0.2) is 11.5 Å². The molecule has 1 saturated heterocycles. The lowest BCUT2D eigenvalue weighted by Crippen LogP contribution is -2.35. The molecule has 35 heavy (non-hydrogen) atoms. The van der Waals surface area contributed by atoms with Gasteiger partial charge in [-0.3, -0.25) is 4.99 Å². The van der Waals surface area contributed by atoms with Crippen molar-refractivity contribution in [3.63, 3.8) is 0 Å². The van der Waals surface area contributed by atoms with Crippen molar-refractivity contribution in [3.8, 4) is 17.2 Å². The summed E-state index contributed by atoms with van der Waals surface area (Å²) < 4.78 is 45.0. The van der Waals surface area contributed by atoms with E-state index in [2.05, 4.69) is 4.99 Å². The van der Waals surface area contributed by atoms with Gasteiger partial charge in [0.05, 0.1) is 19.9 Å². The molecule has 0 amide bonds. The molecular formula is C27H30N2O5S. The van der Waals surface area contributed by atoms with Crippen molar-refractivity contribution in [1.82, 2.24) is 4.31 Å². The zero-order chi connectivity index (χ0) is 24.7. The molecule has 184 valence electrons. The molecule has 1 heterocycles. The molecule has 0 aliphatic carbocycles. The Morgan fingerprint density at radius 3 is 2.37 bits per heavy atom. The number of piperidine rings is 1. The Balaban J connectivity index is 1.58. The Labute approximate surface area is 207 Å². The predicted octanol–water partition coefficient (Wildman–Crippen LogP) is 5.21. The van der Waals surface area contributed by atoms with E-state index < -0.39 is 10.0 Å². The van der Waals surface area contributed by atoms with Crippen LogP contribution in [0.5, 0.6) is 17.2 Å². The maximum absolute atomic E-state index is 13.4. The Morgan fingerprint density at radius 1 is 0.886 bits per heavy atom. The smallest absolute Gasteiger partial charge is 0.245 e. The average molecular weight is 495 g/mol. The number of rotatable bonds is 9. The molecule has 3 aromatic carbocycles. The number of ether oxygens (including phenoxy) is 3. The van der Waals surface area contributed by atoms with E-state index in [1.54, 1.807) is 25.5 Å². The van der Waals surface area contributed by atoms with E-state index in [0.717, 1.165) is 30.4 Å². The standard InChI is InChI=1S/C27H30N2O5S/c1-32-23-12-13-24(27(18-23)35(30,31)29-15-7-4-8-16-29)28-19-22-11-14-25(26(17-22)33-2)34-20-21-9-5-3-6-10-21/h3,5-6,9-14,17-19H,4,7-8,15-16,20H2,1-2H3. The van der Waals surface area contributed by atoms with E-state index in [0.29, 0.717) is 42.6 Å². The van der Waals surface area contributed by atoms with Crippen LogP contribution < -0.4 is 14.2 Å². The molecule has 0 N–H and O–H groups in total. The van der Waals surface area contributed by atoms with Crippen LogP contribution in [0.25, 0.3) is 0 Å². The van der Waals surface area contributed by atoms with Gasteiger partial charge in [-0.2, -0.15) is 4.31 Å². The second-order valence-electron chi connectivity index (χ2n) is 8.24. The Morgan fingerprint density at radius 2 is 1.66 bits per heavy atom. The summed E-state index contributed by atoms with van der Waals surface area (Å²) in [6, 6.07) is 20.3. The van der Waals surface area contributed by atoms with E-state index in [1.165, 1.54) is 17.5 Å². The maximum Gasteiger partial charge on any atom is 0.245 e. The van der Waals surface area contributed by atoms with Crippen LogP contribution in [0.1, 0.15) is 30.4 Å². The third-order valence-corrected chi connectivity index (χ3v) is 7.81. The highest BCUT2D eigenvalue weighted by Crippen LogP contribution is 2.33. The molecule has 0 radical (unpaired) electrons. The van der Waals surface area contributed by atoms with Gasteiger partial charge in [-0.1, -0.05) is 36.8 Å². The molecule has 0 bridgehead atoms. The first-order valence-electron chi connectivity index (χ1n) is 11.6. The molecule has 0 saturated carbocycles. The molecular weight excluding hydrogens is 464 g/mol. The minimum Gasteiger partial charge on any atom is -0.497 e. The van der Waals surface area contributed by atoms with Crippen LogP contribution in [0, 0.1) is 0 Å². The zero-order valence-corrected chi connectivity index (χ0v) is 20.8. The van der Waals surface area contributed by atoms with Crippen molar-refractivity contribution in [3.05, 3.63) is 77.9 Å². The van der Waals surface area contributed by atoms with Gasteiger partial charge in [-0.25, -0.2) is 8.42 Å². The van der Waals surface area contributed by atoms with Gasteiger partial charge in [-0.15, -0.1) is 0 Å². The molecule has 0 spiro atoms. The minimum absolute atomic E-state index is 0.143. The van der Waals surface area contributed by atoms with E-state index in [-0.39, 0.29) is 4.90 Å². The Bertz CT molecular complexity index is 1270. The minimum atomic E-state index is -3.69. The number of sulfonamides is 1. The van der Waals surface area contributed by atoms with Crippen molar-refractivity contribution in [1.29, 1.82) is 0 Å². The molecule has 8 heteroatoms. The molecule has 4 rings (SSSR count). The summed E-state index contributed by atoms with van der Waals surface area (Å²) in [5.74, 6) is 1.66. The molecule has 3 aromatic rings. The van der Waals surface area contributed by atoms with Crippen molar-refractivity contribution < 1.29 is 22.6 Å². The number of aliphatic imine (C=N–C) groups is 1. The first kappa shape index (κ1) is 24.8. The quantitative estimate of drug-likeness (QED) is 0.382. The first-order chi connectivity index (χ1) is 17.0. The Kier molecular flexibility index (Phi) is 8.05. The largest absolute Gasteiger partial charge is 0.497 e. The van der Waals surface area contributed by atoms with Gasteiger partial charge in [0.1, 0.15) is 17.3 Å². The third-order valence-electron chi connectivity index (χ3n) is 5.88. The zero-order valence-electron chi connectivity index (χ0n) is 20.0. The van der Waals surface area contributed by atoms with E-state index in [4.69, 9.17) is 14.2 Å². The first-order valence-corrected chi connectivity index (χ1v) is 13.0. The van der Waals surface area contributed by atoms with Crippen LogP contribution in [0.3, 0.4) is 0 Å². The van der Waals surface area contributed by atoms with E-state index in [9.17, 15) is 8.42 Å². The van der Waals surface area contributed by atoms with Gasteiger partial charge in [0.25, 0.3) is 0 Å². The summed E-state index contributed by atoms with van der Waals surface area (Å²) in [5, 5.41) is 0. The summed E-state index contributed by atoms with van der Waals surface area (Å²) in [6.07, 6.45) is 4.39. The van der Waals surface area contributed by atoms with E-state index >= 15 is 0 Å². The molecule has 0 aromatic heterocycles. The lowest BCUT2D eigenvalue weighted by Gasteiger charge is -2.26. The molecule has 1 aliphatic heterocycles. The van der Waals surface area contributed by atoms with Crippen LogP contribution in [-0.4, -0.2) is 46.2 Å². The summed E-state index contributed by atoms with van der Waals surface area (Å²) >= 11 is 0. The van der Waals surface area contributed by atoms with Crippen molar-refractivity contribution >= 4 is 21.9 Å². The van der Waals surface area contributed by atoms with Crippen LogP contribution in [-0.2, 0) is 16.6 Å². The van der Waals surface area contributed by atoms with Crippen molar-refractivity contribution in [2.45, 2.75) is 30.8 Å². The third kappa shape index (κ3) is 6.01. The summed E-state index contributed by atoms with van der Waals surface area (Å²) in [6.45, 7) is 1.46. The van der Waals surface area contributed by atoms with Gasteiger partial charge in [-0.05, 0) is 54.3 Å². The number of nitrogens with zero attached hydrogens (tertiary/aromatic N) is 2. The number of hydrogen-bond donors (Lipinski definition) is 0. The fourth-order valence-corrected chi connectivity index (χ4v) is 5.61. The lowest BCUT2D eigenvalue weighted by molar-refractivity contribution is 0.284. The van der Waals surface area contributed by atoms with Crippen molar-refractivity contribution in [2.24, 2.45) is 4.99 Å². The molecule has 7 nitrogen and oxygen atoms in total. The summed E-state index contributed by atoms with van der Waals surface area (Å²) in [5.41, 5.74) is 2.17. The topological polar surface area (TPSA) is 77.4 Å². The number of methoxy groups -OCH3 is 2. The second kappa shape index (κ2) is 11.4. The van der Waals surface area contributed by atoms with Crippen LogP contribution in [0.15, 0.2) is 76.6 Å². The lowest BCUT2D eigenvalue weighted by atomic mass is 10.2. The number of benzene rings is 3. The highest BCUT2D eigenvalue weighted by atomic mass is 32.2. The second-order valence-corrected chi connectivity index (χ2v) is 10.1. The van der Waals surface area contributed by atoms with Crippen LogP contribution in [0.2, 0.25) is 0 Å². The normalized spacial score (nSPS) is 14.7. The van der Waals surface area contributed by atoms with E-state index in [1.807, 2.05) is 48.5 Å². The highest BCUT2D eigenvalue weighted by molar-refractivity contribution is 7.89. The summed E-state index contributed by atoms with van der Waals surface area (Å²) in [7, 11) is -0.589. The predicted molar refractivity (Wildman–Crippen MR) is 137 cm³/mol. The van der Waals surface area contributed by atoms with Gasteiger partial charge in [0, 0.05) is 25.4 Å². The summed E-state index contributed by atoms with van der Waals surface area (Å²) in [4.78, 5) is 4.67. The highest BCUT2D eigenvalue weighted by Gasteiger charge is 2.28. The molecule has 0 atom stereocenters. The molecule has 1 aliphatic rings. The fourth-order valence-electron chi connectivity index (χ4n) is 3.94. The SMILES string of the molecule is COc1ccc(N=Cc2ccc(OCc3ccccc3)c(OC)c2)c(S(=O)(=O)N2CCCCC2)c1. The molecule has 1 fully saturated rings. The number of hydrogen-bond acceptors (Lipinski definition) is 6.